The summed E-state index contributed by atoms with van der Waals surface area (Å²) in [5, 5.41) is 4.71. The quantitative estimate of drug-likeness (QED) is 0.476. The number of esters is 1. The second kappa shape index (κ2) is 9.20. The van der Waals surface area contributed by atoms with Gasteiger partial charge in [0.2, 0.25) is 0 Å². The minimum atomic E-state index is -0.501. The summed E-state index contributed by atoms with van der Waals surface area (Å²) in [4.78, 5) is 24.0. The first-order valence-corrected chi connectivity index (χ1v) is 8.45. The zero-order valence-electron chi connectivity index (χ0n) is 12.5. The monoisotopic (exact) mass is 319 g/mol. The standard InChI is InChI=1S/C17H21NO3S/c19-16(18-11-10-14-5-2-1-3-6-14)13-21-17(20)9-8-15-7-4-12-22-15/h4-5,7-9,12H,1-3,6,10-11,13H2,(H,18,19)/b9-8+. The summed E-state index contributed by atoms with van der Waals surface area (Å²) in [6.07, 6.45) is 11.0. The molecule has 1 aromatic rings. The van der Waals surface area contributed by atoms with E-state index in [9.17, 15) is 9.59 Å². The normalized spacial score (nSPS) is 14.6. The van der Waals surface area contributed by atoms with E-state index < -0.39 is 5.97 Å². The Labute approximate surface area is 134 Å². The molecule has 0 unspecified atom stereocenters. The summed E-state index contributed by atoms with van der Waals surface area (Å²) in [7, 11) is 0. The number of hydrogen-bond donors (Lipinski definition) is 1. The predicted octanol–water partition coefficient (Wildman–Crippen LogP) is 3.31. The van der Waals surface area contributed by atoms with Crippen LogP contribution in [-0.4, -0.2) is 25.0 Å². The van der Waals surface area contributed by atoms with Crippen molar-refractivity contribution in [2.24, 2.45) is 0 Å². The number of carbonyl (C=O) groups is 2. The second-order valence-corrected chi connectivity index (χ2v) is 6.14. The second-order valence-electron chi connectivity index (χ2n) is 5.16. The van der Waals surface area contributed by atoms with Crippen molar-refractivity contribution < 1.29 is 14.3 Å². The first kappa shape index (κ1) is 16.5. The lowest BCUT2D eigenvalue weighted by atomic mass is 9.97. The van der Waals surface area contributed by atoms with Gasteiger partial charge in [0, 0.05) is 17.5 Å². The third-order valence-corrected chi connectivity index (χ3v) is 4.26. The Morgan fingerprint density at radius 2 is 2.27 bits per heavy atom. The van der Waals surface area contributed by atoms with Crippen LogP contribution in [0.3, 0.4) is 0 Å². The fraction of sp³-hybridized carbons (Fsp3) is 0.412. The van der Waals surface area contributed by atoms with Crippen LogP contribution in [0.1, 0.15) is 37.0 Å². The van der Waals surface area contributed by atoms with E-state index in [4.69, 9.17) is 4.74 Å². The van der Waals surface area contributed by atoms with Gasteiger partial charge in [0.15, 0.2) is 6.61 Å². The molecule has 0 aliphatic heterocycles. The van der Waals surface area contributed by atoms with Gasteiger partial charge in [-0.3, -0.25) is 4.79 Å². The van der Waals surface area contributed by atoms with Crippen LogP contribution >= 0.6 is 11.3 Å². The fourth-order valence-corrected chi connectivity index (χ4v) is 2.88. The molecule has 2 rings (SSSR count). The van der Waals surface area contributed by atoms with Gasteiger partial charge in [0.1, 0.15) is 0 Å². The molecular weight excluding hydrogens is 298 g/mol. The third kappa shape index (κ3) is 6.26. The summed E-state index contributed by atoms with van der Waals surface area (Å²) >= 11 is 1.53. The maximum Gasteiger partial charge on any atom is 0.331 e. The van der Waals surface area contributed by atoms with E-state index in [0.29, 0.717) is 6.54 Å². The molecule has 1 heterocycles. The topological polar surface area (TPSA) is 55.4 Å². The highest BCUT2D eigenvalue weighted by atomic mass is 32.1. The van der Waals surface area contributed by atoms with E-state index in [2.05, 4.69) is 11.4 Å². The lowest BCUT2D eigenvalue weighted by molar-refractivity contribution is -0.143. The Hall–Kier alpha value is -1.88. The molecule has 1 aliphatic carbocycles. The Bertz CT molecular complexity index is 546. The highest BCUT2D eigenvalue weighted by Crippen LogP contribution is 2.19. The van der Waals surface area contributed by atoms with Crippen molar-refractivity contribution in [3.05, 3.63) is 40.1 Å². The number of amides is 1. The van der Waals surface area contributed by atoms with Gasteiger partial charge in [-0.25, -0.2) is 4.79 Å². The minimum Gasteiger partial charge on any atom is -0.452 e. The van der Waals surface area contributed by atoms with E-state index in [1.54, 1.807) is 6.08 Å². The summed E-state index contributed by atoms with van der Waals surface area (Å²) < 4.78 is 4.90. The molecule has 5 heteroatoms. The van der Waals surface area contributed by atoms with Gasteiger partial charge >= 0.3 is 5.97 Å². The van der Waals surface area contributed by atoms with Crippen LogP contribution in [0.4, 0.5) is 0 Å². The van der Waals surface area contributed by atoms with Crippen molar-refractivity contribution >= 4 is 29.3 Å². The smallest absolute Gasteiger partial charge is 0.331 e. The van der Waals surface area contributed by atoms with E-state index >= 15 is 0 Å². The van der Waals surface area contributed by atoms with Gasteiger partial charge in [-0.15, -0.1) is 11.3 Å². The highest BCUT2D eigenvalue weighted by molar-refractivity contribution is 7.10. The van der Waals surface area contributed by atoms with Crippen LogP contribution in [0.2, 0.25) is 0 Å². The number of rotatable bonds is 7. The van der Waals surface area contributed by atoms with E-state index in [0.717, 1.165) is 24.1 Å². The van der Waals surface area contributed by atoms with Gasteiger partial charge in [0.25, 0.3) is 5.91 Å². The van der Waals surface area contributed by atoms with E-state index in [1.807, 2.05) is 17.5 Å². The van der Waals surface area contributed by atoms with Crippen LogP contribution in [0.25, 0.3) is 6.08 Å². The average molecular weight is 319 g/mol. The summed E-state index contributed by atoms with van der Waals surface area (Å²) in [5.74, 6) is -0.757. The summed E-state index contributed by atoms with van der Waals surface area (Å²) in [6, 6.07) is 3.81. The van der Waals surface area contributed by atoms with Crippen LogP contribution < -0.4 is 5.32 Å². The van der Waals surface area contributed by atoms with Gasteiger partial charge in [-0.05, 0) is 49.6 Å². The third-order valence-electron chi connectivity index (χ3n) is 3.43. The Balaban J connectivity index is 1.58. The molecule has 0 bridgehead atoms. The molecule has 0 saturated heterocycles. The SMILES string of the molecule is O=C(COC(=O)/C=C/c1cccs1)NCCC1=CCCCC1. The molecule has 1 aliphatic rings. The van der Waals surface area contributed by atoms with Crippen molar-refractivity contribution in [2.45, 2.75) is 32.1 Å². The number of carbonyl (C=O) groups excluding carboxylic acids is 2. The molecule has 1 N–H and O–H groups in total. The number of hydrogen-bond acceptors (Lipinski definition) is 4. The largest absolute Gasteiger partial charge is 0.452 e. The van der Waals surface area contributed by atoms with E-state index in [-0.39, 0.29) is 12.5 Å². The molecule has 0 spiro atoms. The molecular formula is C17H21NO3S. The molecule has 0 atom stereocenters. The van der Waals surface area contributed by atoms with Crippen molar-refractivity contribution in [1.29, 1.82) is 0 Å². The maximum atomic E-state index is 11.6. The lowest BCUT2D eigenvalue weighted by Gasteiger charge is -2.12. The Morgan fingerprint density at radius 3 is 3.00 bits per heavy atom. The van der Waals surface area contributed by atoms with Crippen molar-refractivity contribution in [1.82, 2.24) is 5.32 Å². The number of ether oxygens (including phenoxy) is 1. The minimum absolute atomic E-state index is 0.230. The van der Waals surface area contributed by atoms with Crippen LogP contribution in [-0.2, 0) is 14.3 Å². The van der Waals surface area contributed by atoms with Crippen LogP contribution in [0, 0.1) is 0 Å². The molecule has 0 aromatic carbocycles. The number of nitrogens with one attached hydrogen (secondary N) is 1. The summed E-state index contributed by atoms with van der Waals surface area (Å²) in [5.41, 5.74) is 1.42. The van der Waals surface area contributed by atoms with Crippen molar-refractivity contribution in [2.75, 3.05) is 13.2 Å². The molecule has 1 aromatic heterocycles. The lowest BCUT2D eigenvalue weighted by Crippen LogP contribution is -2.29. The van der Waals surface area contributed by atoms with Crippen LogP contribution in [0.15, 0.2) is 35.2 Å². The molecule has 0 fully saturated rings. The average Bonchev–Trinajstić information content (AvgIpc) is 3.05. The van der Waals surface area contributed by atoms with Crippen molar-refractivity contribution in [3.63, 3.8) is 0 Å². The zero-order valence-corrected chi connectivity index (χ0v) is 13.4. The molecule has 22 heavy (non-hydrogen) atoms. The molecule has 4 nitrogen and oxygen atoms in total. The molecule has 118 valence electrons. The first-order valence-electron chi connectivity index (χ1n) is 7.57. The highest BCUT2D eigenvalue weighted by Gasteiger charge is 2.07. The van der Waals surface area contributed by atoms with Crippen molar-refractivity contribution in [3.8, 4) is 0 Å². The zero-order chi connectivity index (χ0) is 15.6. The predicted molar refractivity (Wildman–Crippen MR) is 88.5 cm³/mol. The number of thiophene rings is 1. The molecule has 0 radical (unpaired) electrons. The number of allylic oxidation sites excluding steroid dienone is 1. The Morgan fingerprint density at radius 1 is 1.36 bits per heavy atom. The van der Waals surface area contributed by atoms with Gasteiger partial charge in [-0.2, -0.15) is 0 Å². The van der Waals surface area contributed by atoms with Crippen LogP contribution in [0.5, 0.6) is 0 Å². The summed E-state index contributed by atoms with van der Waals surface area (Å²) in [6.45, 7) is 0.375. The molecule has 1 amide bonds. The van der Waals surface area contributed by atoms with Gasteiger partial charge in [-0.1, -0.05) is 17.7 Å². The maximum absolute atomic E-state index is 11.6. The fourth-order valence-electron chi connectivity index (χ4n) is 2.27. The first-order chi connectivity index (χ1) is 10.7. The van der Waals surface area contributed by atoms with E-state index in [1.165, 1.54) is 35.8 Å². The molecule has 0 saturated carbocycles. The Kier molecular flexibility index (Phi) is 6.90. The van der Waals surface area contributed by atoms with Gasteiger partial charge in [0.05, 0.1) is 0 Å². The van der Waals surface area contributed by atoms with Gasteiger partial charge < -0.3 is 10.1 Å².